The van der Waals surface area contributed by atoms with Gasteiger partial charge in [-0.05, 0) is 6.26 Å². The zero-order chi connectivity index (χ0) is 12.1. The summed E-state index contributed by atoms with van der Waals surface area (Å²) >= 11 is 6.65. The van der Waals surface area contributed by atoms with Crippen LogP contribution in [-0.2, 0) is 4.74 Å². The van der Waals surface area contributed by atoms with Crippen molar-refractivity contribution in [3.63, 3.8) is 0 Å². The van der Waals surface area contributed by atoms with Crippen molar-refractivity contribution in [2.45, 2.75) is 0 Å². The van der Waals surface area contributed by atoms with Gasteiger partial charge in [-0.3, -0.25) is 0 Å². The van der Waals surface area contributed by atoms with Gasteiger partial charge in [0.25, 0.3) is 0 Å². The number of ether oxygens (including phenoxy) is 1. The van der Waals surface area contributed by atoms with Gasteiger partial charge in [0.2, 0.25) is 0 Å². The molecule has 1 amide bonds. The van der Waals surface area contributed by atoms with Crippen molar-refractivity contribution >= 4 is 53.1 Å². The van der Waals surface area contributed by atoms with Gasteiger partial charge >= 0.3 is 6.09 Å². The summed E-state index contributed by atoms with van der Waals surface area (Å²) in [6.45, 7) is 0.618. The number of thioether (sulfide) groups is 4. The quantitative estimate of drug-likeness (QED) is 0.473. The molecule has 0 heterocycles. The Morgan fingerprint density at radius 1 is 1.31 bits per heavy atom. The minimum atomic E-state index is -0.418. The Hall–Kier alpha value is 0.630. The molecule has 0 aromatic rings. The van der Waals surface area contributed by atoms with Gasteiger partial charge in [-0.25, -0.2) is 4.79 Å². The average Bonchev–Trinajstić information content (AvgIpc) is 2.28. The molecule has 0 rings (SSSR count). The summed E-state index contributed by atoms with van der Waals surface area (Å²) in [7, 11) is 0. The van der Waals surface area contributed by atoms with E-state index in [1.165, 1.54) is 0 Å². The average molecular weight is 303 g/mol. The van der Waals surface area contributed by atoms with Crippen LogP contribution in [0.1, 0.15) is 0 Å². The molecule has 0 aromatic heterocycles. The summed E-state index contributed by atoms with van der Waals surface area (Å²) in [5.41, 5.74) is 0. The van der Waals surface area contributed by atoms with Crippen LogP contribution >= 0.6 is 47.0 Å². The third-order valence-corrected chi connectivity index (χ3v) is 5.15. The minimum Gasteiger partial charge on any atom is -0.438 e. The summed E-state index contributed by atoms with van der Waals surface area (Å²) in [5, 5.41) is 13.2. The molecule has 0 saturated heterocycles. The molecule has 0 aliphatic carbocycles. The number of carbonyl (C=O) groups excluding carboxylic acids is 1. The lowest BCUT2D eigenvalue weighted by Gasteiger charge is -2.05. The van der Waals surface area contributed by atoms with Crippen LogP contribution in [0.2, 0.25) is 0 Å². The van der Waals surface area contributed by atoms with Gasteiger partial charge in [-0.2, -0.15) is 11.8 Å². The highest BCUT2D eigenvalue weighted by atomic mass is 32.2. The number of aliphatic hydroxyl groups is 1. The SMILES string of the molecule is CSCSCSCCNC(=O)OCSCO. The molecule has 2 N–H and O–H groups in total. The van der Waals surface area contributed by atoms with Crippen LogP contribution < -0.4 is 5.32 Å². The Bertz CT molecular complexity index is 173. The maximum absolute atomic E-state index is 11.0. The molecular formula is C8H17NO3S4. The first-order valence-electron chi connectivity index (χ1n) is 4.55. The van der Waals surface area contributed by atoms with Gasteiger partial charge in [0.1, 0.15) is 5.94 Å². The number of hydrogen-bond acceptors (Lipinski definition) is 7. The van der Waals surface area contributed by atoms with Crippen molar-refractivity contribution in [3.8, 4) is 0 Å². The molecule has 96 valence electrons. The third-order valence-electron chi connectivity index (χ3n) is 1.25. The van der Waals surface area contributed by atoms with E-state index in [0.717, 1.165) is 27.7 Å². The van der Waals surface area contributed by atoms with Gasteiger partial charge in [-0.1, -0.05) is 11.8 Å². The van der Waals surface area contributed by atoms with Crippen molar-refractivity contribution in [2.75, 3.05) is 40.6 Å². The predicted molar refractivity (Wildman–Crippen MR) is 77.3 cm³/mol. The standard InChI is InChI=1S/C8H17NO3S4/c1-13-6-16-7-14-3-2-9-8(11)12-5-15-4-10/h10H,2-7H2,1H3,(H,9,11). The molecule has 0 saturated carbocycles. The lowest BCUT2D eigenvalue weighted by atomic mass is 10.7. The van der Waals surface area contributed by atoms with Gasteiger partial charge < -0.3 is 15.2 Å². The number of alkyl carbamates (subject to hydrolysis) is 1. The smallest absolute Gasteiger partial charge is 0.408 e. The lowest BCUT2D eigenvalue weighted by molar-refractivity contribution is 0.166. The molecule has 0 fully saturated rings. The van der Waals surface area contributed by atoms with E-state index < -0.39 is 6.09 Å². The highest BCUT2D eigenvalue weighted by molar-refractivity contribution is 8.22. The minimum absolute atomic E-state index is 0.0319. The van der Waals surface area contributed by atoms with Crippen molar-refractivity contribution in [1.29, 1.82) is 0 Å². The Morgan fingerprint density at radius 2 is 2.12 bits per heavy atom. The first-order chi connectivity index (χ1) is 7.81. The molecule has 0 spiro atoms. The van der Waals surface area contributed by atoms with Crippen LogP contribution in [-0.4, -0.2) is 51.8 Å². The third kappa shape index (κ3) is 12.7. The Balaban J connectivity index is 3.09. The van der Waals surface area contributed by atoms with Crippen molar-refractivity contribution < 1.29 is 14.6 Å². The van der Waals surface area contributed by atoms with E-state index in [-0.39, 0.29) is 11.9 Å². The number of carbonyl (C=O) groups is 1. The van der Waals surface area contributed by atoms with Crippen LogP contribution in [0.25, 0.3) is 0 Å². The monoisotopic (exact) mass is 303 g/mol. The largest absolute Gasteiger partial charge is 0.438 e. The normalized spacial score (nSPS) is 10.1. The molecule has 0 aliphatic heterocycles. The zero-order valence-corrected chi connectivity index (χ0v) is 12.4. The fourth-order valence-corrected chi connectivity index (χ4v) is 3.65. The van der Waals surface area contributed by atoms with E-state index in [1.54, 1.807) is 11.8 Å². The highest BCUT2D eigenvalue weighted by Gasteiger charge is 1.99. The van der Waals surface area contributed by atoms with E-state index in [9.17, 15) is 4.79 Å². The Labute approximate surface area is 113 Å². The van der Waals surface area contributed by atoms with E-state index >= 15 is 0 Å². The van der Waals surface area contributed by atoms with Gasteiger partial charge in [0.05, 0.1) is 5.94 Å². The molecule has 0 radical (unpaired) electrons. The topological polar surface area (TPSA) is 58.6 Å². The van der Waals surface area contributed by atoms with E-state index in [4.69, 9.17) is 9.84 Å². The second-order valence-corrected chi connectivity index (χ2v) is 7.04. The molecule has 0 bridgehead atoms. The fraction of sp³-hybridized carbons (Fsp3) is 0.875. The summed E-state index contributed by atoms with van der Waals surface area (Å²) in [6, 6.07) is 0. The molecular weight excluding hydrogens is 286 g/mol. The molecule has 8 heteroatoms. The van der Waals surface area contributed by atoms with Crippen molar-refractivity contribution in [1.82, 2.24) is 5.32 Å². The molecule has 16 heavy (non-hydrogen) atoms. The molecule has 4 nitrogen and oxygen atoms in total. The Kier molecular flexibility index (Phi) is 14.2. The first-order valence-corrected chi connectivity index (χ1v) is 9.40. The number of nitrogens with one attached hydrogen (secondary N) is 1. The molecule has 0 atom stereocenters. The Morgan fingerprint density at radius 3 is 2.81 bits per heavy atom. The maximum Gasteiger partial charge on any atom is 0.408 e. The molecule has 0 aliphatic rings. The lowest BCUT2D eigenvalue weighted by Crippen LogP contribution is -2.26. The van der Waals surface area contributed by atoms with Crippen LogP contribution in [0.3, 0.4) is 0 Å². The highest BCUT2D eigenvalue weighted by Crippen LogP contribution is 2.15. The van der Waals surface area contributed by atoms with Gasteiger partial charge in [0.15, 0.2) is 0 Å². The van der Waals surface area contributed by atoms with Gasteiger partial charge in [0, 0.05) is 22.5 Å². The number of rotatable bonds is 10. The maximum atomic E-state index is 11.0. The summed E-state index contributed by atoms with van der Waals surface area (Å²) in [6.07, 6.45) is 1.66. The van der Waals surface area contributed by atoms with Crippen molar-refractivity contribution in [3.05, 3.63) is 0 Å². The summed E-state index contributed by atoms with van der Waals surface area (Å²) in [4.78, 5) is 11.0. The fourth-order valence-electron chi connectivity index (χ4n) is 0.644. The molecule has 0 aromatic carbocycles. The predicted octanol–water partition coefficient (Wildman–Crippen LogP) is 2.10. The van der Waals surface area contributed by atoms with Gasteiger partial charge in [-0.15, -0.1) is 23.5 Å². The van der Waals surface area contributed by atoms with Crippen molar-refractivity contribution in [2.24, 2.45) is 0 Å². The van der Waals surface area contributed by atoms with E-state index in [0.29, 0.717) is 6.54 Å². The van der Waals surface area contributed by atoms with Crippen LogP contribution in [0.5, 0.6) is 0 Å². The second-order valence-electron chi connectivity index (χ2n) is 2.45. The molecule has 0 unspecified atom stereocenters. The zero-order valence-electron chi connectivity index (χ0n) is 9.14. The first kappa shape index (κ1) is 16.6. The van der Waals surface area contributed by atoms with Crippen LogP contribution in [0, 0.1) is 0 Å². The number of amides is 1. The van der Waals surface area contributed by atoms with Crippen LogP contribution in [0.15, 0.2) is 0 Å². The second kappa shape index (κ2) is 13.7. The van der Waals surface area contributed by atoms with E-state index in [1.807, 2.05) is 23.5 Å². The van der Waals surface area contributed by atoms with E-state index in [2.05, 4.69) is 11.6 Å². The van der Waals surface area contributed by atoms with Crippen LogP contribution in [0.4, 0.5) is 4.79 Å². The summed E-state index contributed by atoms with van der Waals surface area (Å²) in [5.74, 6) is 1.05. The number of hydrogen-bond donors (Lipinski definition) is 2. The summed E-state index contributed by atoms with van der Waals surface area (Å²) < 4.78 is 4.76. The number of aliphatic hydroxyl groups excluding tert-OH is 1.